The molecule has 0 saturated carbocycles. The highest BCUT2D eigenvalue weighted by Crippen LogP contribution is 2.16. The maximum absolute atomic E-state index is 12.8. The molecule has 1 fully saturated rings. The van der Waals surface area contributed by atoms with Gasteiger partial charge in [0.15, 0.2) is 0 Å². The van der Waals surface area contributed by atoms with Crippen molar-refractivity contribution >= 4 is 0 Å². The number of nitrogens with zero attached hydrogens (tertiary/aromatic N) is 1. The fraction of sp³-hybridized carbons (Fsp3) is 1.00. The lowest BCUT2D eigenvalue weighted by atomic mass is 10.1. The van der Waals surface area contributed by atoms with E-state index in [1.807, 2.05) is 0 Å². The van der Waals surface area contributed by atoms with Gasteiger partial charge in [0.1, 0.15) is 0 Å². The Morgan fingerprint density at radius 3 is 2.25 bits per heavy atom. The first-order chi connectivity index (χ1) is 5.64. The minimum absolute atomic E-state index is 0.163. The molecule has 0 unspecified atom stereocenters. The average molecular weight is 178 g/mol. The predicted octanol–water partition coefficient (Wildman–Crippen LogP) is 1.07. The summed E-state index contributed by atoms with van der Waals surface area (Å²) in [5.41, 5.74) is 4.95. The number of hydrogen-bond donors (Lipinski definition) is 1. The smallest absolute Gasteiger partial charge is 0.272 e. The van der Waals surface area contributed by atoms with Crippen molar-refractivity contribution in [2.75, 3.05) is 26.2 Å². The molecule has 12 heavy (non-hydrogen) atoms. The Morgan fingerprint density at radius 2 is 1.75 bits per heavy atom. The van der Waals surface area contributed by atoms with Crippen LogP contribution in [0.3, 0.4) is 0 Å². The van der Waals surface area contributed by atoms with E-state index in [1.165, 1.54) is 6.42 Å². The summed E-state index contributed by atoms with van der Waals surface area (Å²) in [5, 5.41) is 0. The van der Waals surface area contributed by atoms with Gasteiger partial charge in [0.25, 0.3) is 5.92 Å². The Hall–Kier alpha value is -0.220. The fourth-order valence-electron chi connectivity index (χ4n) is 1.51. The third-order valence-electron chi connectivity index (χ3n) is 2.20. The zero-order chi connectivity index (χ0) is 9.03. The monoisotopic (exact) mass is 178 g/mol. The number of piperidine rings is 1. The summed E-state index contributed by atoms with van der Waals surface area (Å²) in [4.78, 5) is 1.80. The molecule has 0 amide bonds. The van der Waals surface area contributed by atoms with Crippen molar-refractivity contribution in [3.05, 3.63) is 0 Å². The highest BCUT2D eigenvalue weighted by Gasteiger charge is 2.30. The normalized spacial score (nSPS) is 21.2. The summed E-state index contributed by atoms with van der Waals surface area (Å²) >= 11 is 0. The van der Waals surface area contributed by atoms with Gasteiger partial charge >= 0.3 is 0 Å². The minimum atomic E-state index is -2.70. The van der Waals surface area contributed by atoms with Crippen molar-refractivity contribution in [1.82, 2.24) is 4.90 Å². The number of halogens is 2. The van der Waals surface area contributed by atoms with Crippen LogP contribution in [0.2, 0.25) is 0 Å². The molecule has 1 aliphatic heterocycles. The van der Waals surface area contributed by atoms with Crippen molar-refractivity contribution in [3.8, 4) is 0 Å². The first-order valence-electron chi connectivity index (χ1n) is 4.44. The lowest BCUT2D eigenvalue weighted by Crippen LogP contribution is -2.43. The van der Waals surface area contributed by atoms with Gasteiger partial charge in [0.05, 0.1) is 13.1 Å². The molecular weight excluding hydrogens is 162 g/mol. The molecule has 0 spiro atoms. The van der Waals surface area contributed by atoms with Crippen LogP contribution < -0.4 is 5.73 Å². The molecule has 0 atom stereocenters. The van der Waals surface area contributed by atoms with Crippen LogP contribution in [0.4, 0.5) is 8.78 Å². The molecule has 4 heteroatoms. The summed E-state index contributed by atoms with van der Waals surface area (Å²) in [7, 11) is 0. The first-order valence-corrected chi connectivity index (χ1v) is 4.44. The fourth-order valence-corrected chi connectivity index (χ4v) is 1.51. The Bertz CT molecular complexity index is 133. The van der Waals surface area contributed by atoms with Crippen molar-refractivity contribution in [2.24, 2.45) is 5.73 Å². The van der Waals surface area contributed by atoms with Crippen LogP contribution in [0.15, 0.2) is 0 Å². The third kappa shape index (κ3) is 3.03. The zero-order valence-electron chi connectivity index (χ0n) is 7.23. The second-order valence-corrected chi connectivity index (χ2v) is 3.40. The summed E-state index contributed by atoms with van der Waals surface area (Å²) in [6.07, 6.45) is 3.26. The van der Waals surface area contributed by atoms with Crippen LogP contribution in [0, 0.1) is 0 Å². The quantitative estimate of drug-likeness (QED) is 0.700. The van der Waals surface area contributed by atoms with Gasteiger partial charge in [0, 0.05) is 0 Å². The predicted molar refractivity (Wildman–Crippen MR) is 44.3 cm³/mol. The van der Waals surface area contributed by atoms with Crippen molar-refractivity contribution in [3.63, 3.8) is 0 Å². The summed E-state index contributed by atoms with van der Waals surface area (Å²) in [5.74, 6) is -2.70. The van der Waals surface area contributed by atoms with E-state index < -0.39 is 12.5 Å². The molecule has 1 saturated heterocycles. The van der Waals surface area contributed by atoms with Crippen LogP contribution in [0.5, 0.6) is 0 Å². The molecule has 2 N–H and O–H groups in total. The SMILES string of the molecule is NCC(F)(F)CN1CCCCC1. The van der Waals surface area contributed by atoms with Gasteiger partial charge in [-0.3, -0.25) is 4.90 Å². The number of alkyl halides is 2. The molecule has 1 aliphatic rings. The van der Waals surface area contributed by atoms with Gasteiger partial charge in [-0.25, -0.2) is 8.78 Å². The average Bonchev–Trinajstić information content (AvgIpc) is 2.06. The third-order valence-corrected chi connectivity index (χ3v) is 2.20. The molecular formula is C8H16F2N2. The van der Waals surface area contributed by atoms with Crippen LogP contribution in [0.1, 0.15) is 19.3 Å². The first kappa shape index (κ1) is 9.86. The molecule has 1 heterocycles. The van der Waals surface area contributed by atoms with Gasteiger partial charge in [-0.1, -0.05) is 6.42 Å². The second-order valence-electron chi connectivity index (χ2n) is 3.40. The van der Waals surface area contributed by atoms with Gasteiger partial charge in [-0.2, -0.15) is 0 Å². The largest absolute Gasteiger partial charge is 0.325 e. The van der Waals surface area contributed by atoms with E-state index in [0.29, 0.717) is 0 Å². The van der Waals surface area contributed by atoms with E-state index in [2.05, 4.69) is 0 Å². The second kappa shape index (κ2) is 4.14. The lowest BCUT2D eigenvalue weighted by Gasteiger charge is -2.29. The van der Waals surface area contributed by atoms with Gasteiger partial charge in [-0.15, -0.1) is 0 Å². The standard InChI is InChI=1S/C8H16F2N2/c9-8(10,6-11)7-12-4-2-1-3-5-12/h1-7,11H2. The highest BCUT2D eigenvalue weighted by atomic mass is 19.3. The van der Waals surface area contributed by atoms with Crippen LogP contribution in [-0.4, -0.2) is 37.0 Å². The Balaban J connectivity index is 2.28. The maximum Gasteiger partial charge on any atom is 0.272 e. The molecule has 2 nitrogen and oxygen atoms in total. The molecule has 0 bridgehead atoms. The van der Waals surface area contributed by atoms with E-state index in [1.54, 1.807) is 4.90 Å². The highest BCUT2D eigenvalue weighted by molar-refractivity contribution is 4.75. The number of hydrogen-bond acceptors (Lipinski definition) is 2. The van der Waals surface area contributed by atoms with E-state index >= 15 is 0 Å². The Labute approximate surface area is 71.7 Å². The Kier molecular flexibility index (Phi) is 3.40. The van der Waals surface area contributed by atoms with Gasteiger partial charge in [0.2, 0.25) is 0 Å². The van der Waals surface area contributed by atoms with Crippen molar-refractivity contribution in [2.45, 2.75) is 25.2 Å². The van der Waals surface area contributed by atoms with E-state index in [-0.39, 0.29) is 6.54 Å². The summed E-state index contributed by atoms with van der Waals surface area (Å²) in [6.45, 7) is 0.901. The van der Waals surface area contributed by atoms with Crippen molar-refractivity contribution in [1.29, 1.82) is 0 Å². The van der Waals surface area contributed by atoms with E-state index in [9.17, 15) is 8.78 Å². The van der Waals surface area contributed by atoms with Gasteiger partial charge in [-0.05, 0) is 25.9 Å². The topological polar surface area (TPSA) is 29.3 Å². The molecule has 0 aromatic carbocycles. The molecule has 1 rings (SSSR count). The molecule has 0 aromatic rings. The number of likely N-dealkylation sites (tertiary alicyclic amines) is 1. The lowest BCUT2D eigenvalue weighted by molar-refractivity contribution is -0.0273. The van der Waals surface area contributed by atoms with Crippen LogP contribution >= 0.6 is 0 Å². The molecule has 0 aliphatic carbocycles. The molecule has 0 radical (unpaired) electrons. The number of rotatable bonds is 3. The van der Waals surface area contributed by atoms with Crippen LogP contribution in [0.25, 0.3) is 0 Å². The van der Waals surface area contributed by atoms with E-state index in [0.717, 1.165) is 25.9 Å². The van der Waals surface area contributed by atoms with Crippen molar-refractivity contribution < 1.29 is 8.78 Å². The van der Waals surface area contributed by atoms with E-state index in [4.69, 9.17) is 5.73 Å². The maximum atomic E-state index is 12.8. The van der Waals surface area contributed by atoms with Crippen LogP contribution in [-0.2, 0) is 0 Å². The molecule has 0 aromatic heterocycles. The number of nitrogens with two attached hydrogens (primary N) is 1. The summed E-state index contributed by atoms with van der Waals surface area (Å²) in [6, 6.07) is 0. The Morgan fingerprint density at radius 1 is 1.17 bits per heavy atom. The van der Waals surface area contributed by atoms with Gasteiger partial charge < -0.3 is 5.73 Å². The summed E-state index contributed by atoms with van der Waals surface area (Å²) < 4.78 is 25.5. The molecule has 72 valence electrons. The minimum Gasteiger partial charge on any atom is -0.325 e. The zero-order valence-corrected chi connectivity index (χ0v) is 7.23.